The number of carbonyl (C=O) groups excluding carboxylic acids is 3. The number of piperazine rings is 1. The molecular weight excluding hydrogens is 506 g/mol. The number of hydrogen-bond acceptors (Lipinski definition) is 4. The van der Waals surface area contributed by atoms with E-state index >= 15 is 0 Å². The van der Waals surface area contributed by atoms with Crippen LogP contribution in [0.5, 0.6) is 0 Å². The van der Waals surface area contributed by atoms with Crippen molar-refractivity contribution in [1.82, 2.24) is 25.1 Å². The van der Waals surface area contributed by atoms with Crippen LogP contribution in [-0.2, 0) is 28.9 Å². The molecule has 0 aliphatic carbocycles. The molecule has 0 saturated carbocycles. The Morgan fingerprint density at radius 1 is 1.08 bits per heavy atom. The van der Waals surface area contributed by atoms with Crippen LogP contribution >= 0.6 is 0 Å². The summed E-state index contributed by atoms with van der Waals surface area (Å²) in [6.07, 6.45) is -5.40. The fourth-order valence-electron chi connectivity index (χ4n) is 4.93. The normalized spacial score (nSPS) is 20.7. The summed E-state index contributed by atoms with van der Waals surface area (Å²) in [6, 6.07) is 8.95. The van der Waals surface area contributed by atoms with Crippen molar-refractivity contribution in [2.24, 2.45) is 5.92 Å². The van der Waals surface area contributed by atoms with Gasteiger partial charge in [0.25, 0.3) is 0 Å². The summed E-state index contributed by atoms with van der Waals surface area (Å²) in [5.74, 6) is -1.44. The zero-order valence-corrected chi connectivity index (χ0v) is 21.2. The summed E-state index contributed by atoms with van der Waals surface area (Å²) < 4.78 is 53.0. The molecule has 2 saturated heterocycles. The van der Waals surface area contributed by atoms with Crippen molar-refractivity contribution < 1.29 is 31.9 Å². The van der Waals surface area contributed by atoms with Crippen LogP contribution < -0.4 is 5.32 Å². The van der Waals surface area contributed by atoms with E-state index in [2.05, 4.69) is 5.32 Å². The largest absolute Gasteiger partial charge is 0.416 e. The van der Waals surface area contributed by atoms with Crippen molar-refractivity contribution in [2.45, 2.75) is 45.3 Å². The summed E-state index contributed by atoms with van der Waals surface area (Å²) in [4.78, 5) is 42.7. The van der Waals surface area contributed by atoms with Crippen LogP contribution in [0, 0.1) is 11.7 Å². The van der Waals surface area contributed by atoms with E-state index in [1.54, 1.807) is 20.9 Å². The molecule has 38 heavy (non-hydrogen) atoms. The van der Waals surface area contributed by atoms with Crippen LogP contribution in [0.1, 0.15) is 30.5 Å². The van der Waals surface area contributed by atoms with Gasteiger partial charge in [0.05, 0.1) is 18.7 Å². The van der Waals surface area contributed by atoms with E-state index in [0.29, 0.717) is 5.56 Å². The fourth-order valence-corrected chi connectivity index (χ4v) is 4.93. The average Bonchev–Trinajstić information content (AvgIpc) is 2.84. The summed E-state index contributed by atoms with van der Waals surface area (Å²) >= 11 is 0. The summed E-state index contributed by atoms with van der Waals surface area (Å²) in [5.41, 5.74) is 0.125. The van der Waals surface area contributed by atoms with Crippen LogP contribution in [0.3, 0.4) is 0 Å². The van der Waals surface area contributed by atoms with Gasteiger partial charge in [0.2, 0.25) is 11.8 Å². The van der Waals surface area contributed by atoms with Crippen molar-refractivity contribution in [3.63, 3.8) is 0 Å². The molecule has 0 aromatic heterocycles. The maximum atomic E-state index is 13.5. The highest BCUT2D eigenvalue weighted by Crippen LogP contribution is 2.32. The Labute approximate surface area is 217 Å². The molecule has 4 rings (SSSR count). The summed E-state index contributed by atoms with van der Waals surface area (Å²) in [5, 5.41) is 5.58. The molecule has 4 amide bonds. The molecule has 2 heterocycles. The van der Waals surface area contributed by atoms with Crippen LogP contribution in [0.15, 0.2) is 48.5 Å². The molecule has 0 unspecified atom stereocenters. The molecule has 8 nitrogen and oxygen atoms in total. The first kappa shape index (κ1) is 27.4. The van der Waals surface area contributed by atoms with E-state index in [9.17, 15) is 31.9 Å². The number of carbonyl (C=O) groups is 3. The number of alkyl halides is 3. The number of nitrogens with zero attached hydrogens (tertiary/aromatic N) is 4. The number of likely N-dealkylation sites (N-methyl/N-ethyl adjacent to an activating group) is 1. The Morgan fingerprint density at radius 3 is 2.39 bits per heavy atom. The maximum Gasteiger partial charge on any atom is 0.416 e. The van der Waals surface area contributed by atoms with Gasteiger partial charge in [-0.1, -0.05) is 38.1 Å². The molecule has 2 aromatic rings. The Hall–Kier alpha value is -3.67. The van der Waals surface area contributed by atoms with Gasteiger partial charge in [0.1, 0.15) is 18.0 Å². The first-order valence-corrected chi connectivity index (χ1v) is 12.2. The lowest BCUT2D eigenvalue weighted by Gasteiger charge is -2.55. The molecule has 1 N–H and O–H groups in total. The zero-order valence-electron chi connectivity index (χ0n) is 21.2. The topological polar surface area (TPSA) is 76.2 Å². The number of benzene rings is 2. The van der Waals surface area contributed by atoms with E-state index in [0.717, 1.165) is 12.1 Å². The van der Waals surface area contributed by atoms with Crippen molar-refractivity contribution in [3.8, 4) is 0 Å². The quantitative estimate of drug-likeness (QED) is 0.596. The Morgan fingerprint density at radius 2 is 1.76 bits per heavy atom. The predicted molar refractivity (Wildman–Crippen MR) is 129 cm³/mol. The number of hydrogen-bond donors (Lipinski definition) is 1. The first-order valence-electron chi connectivity index (χ1n) is 12.2. The molecule has 0 bridgehead atoms. The number of urea groups is 1. The Bertz CT molecular complexity index is 1200. The molecule has 2 atom stereocenters. The summed E-state index contributed by atoms with van der Waals surface area (Å²) in [6.45, 7) is 3.32. The smallest absolute Gasteiger partial charge is 0.333 e. The molecule has 2 fully saturated rings. The average molecular weight is 536 g/mol. The maximum absolute atomic E-state index is 13.5. The van der Waals surface area contributed by atoms with Gasteiger partial charge in [0, 0.05) is 20.1 Å². The van der Waals surface area contributed by atoms with E-state index in [1.165, 1.54) is 56.2 Å². The Kier molecular flexibility index (Phi) is 7.63. The SMILES string of the molecule is CC(C)[C@H]1C(=O)N(Cc2cccc(C(F)(F)F)c2)C[C@H]2N1C(=O)CN(C)N2C(=O)NCc1ccc(F)cc1. The molecule has 2 aliphatic rings. The number of nitrogens with one attached hydrogen (secondary N) is 1. The molecule has 204 valence electrons. The van der Waals surface area contributed by atoms with Crippen molar-refractivity contribution in [1.29, 1.82) is 0 Å². The molecular formula is C26H29F4N5O3. The van der Waals surface area contributed by atoms with Crippen LogP contribution in [0.25, 0.3) is 0 Å². The molecule has 12 heteroatoms. The monoisotopic (exact) mass is 535 g/mol. The van der Waals surface area contributed by atoms with Crippen LogP contribution in [-0.4, -0.2) is 70.0 Å². The second-order valence-electron chi connectivity index (χ2n) is 9.83. The van der Waals surface area contributed by atoms with Gasteiger partial charge in [-0.25, -0.2) is 19.2 Å². The van der Waals surface area contributed by atoms with Crippen LogP contribution in [0.2, 0.25) is 0 Å². The van der Waals surface area contributed by atoms with Gasteiger partial charge in [-0.2, -0.15) is 13.2 Å². The highest BCUT2D eigenvalue weighted by Gasteiger charge is 2.51. The second-order valence-corrected chi connectivity index (χ2v) is 9.83. The van der Waals surface area contributed by atoms with Gasteiger partial charge in [-0.3, -0.25) is 9.59 Å². The lowest BCUT2D eigenvalue weighted by atomic mass is 9.95. The highest BCUT2D eigenvalue weighted by molar-refractivity contribution is 5.91. The van der Waals surface area contributed by atoms with Crippen molar-refractivity contribution in [2.75, 3.05) is 20.1 Å². The minimum absolute atomic E-state index is 0.0850. The van der Waals surface area contributed by atoms with Gasteiger partial charge >= 0.3 is 12.2 Å². The van der Waals surface area contributed by atoms with E-state index < -0.39 is 41.7 Å². The third kappa shape index (κ3) is 5.59. The molecule has 2 aliphatic heterocycles. The van der Waals surface area contributed by atoms with Gasteiger partial charge in [-0.15, -0.1) is 0 Å². The zero-order chi connectivity index (χ0) is 27.8. The number of hydrazine groups is 1. The van der Waals surface area contributed by atoms with Crippen molar-refractivity contribution >= 4 is 17.8 Å². The van der Waals surface area contributed by atoms with Gasteiger partial charge in [-0.05, 0) is 41.3 Å². The third-order valence-corrected chi connectivity index (χ3v) is 6.70. The minimum atomic E-state index is -4.53. The number of fused-ring (bicyclic) bond motifs is 1. The lowest BCUT2D eigenvalue weighted by molar-refractivity contribution is -0.190. The third-order valence-electron chi connectivity index (χ3n) is 6.70. The van der Waals surface area contributed by atoms with E-state index in [-0.39, 0.29) is 43.6 Å². The second kappa shape index (κ2) is 10.6. The highest BCUT2D eigenvalue weighted by atomic mass is 19.4. The molecule has 2 aromatic carbocycles. The standard InChI is InChI=1S/C26H29F4N5O3/c1-16(2)23-24(37)33(13-18-5-4-6-19(11-18)26(28,29)30)14-21-34(23)22(36)15-32(3)35(21)25(38)31-12-17-7-9-20(27)10-8-17/h4-11,16,21,23H,12-15H2,1-3H3,(H,31,38)/t21-,23-/m0/s1. The number of amides is 4. The van der Waals surface area contributed by atoms with Gasteiger partial charge < -0.3 is 15.1 Å². The minimum Gasteiger partial charge on any atom is -0.333 e. The predicted octanol–water partition coefficient (Wildman–Crippen LogP) is 3.44. The van der Waals surface area contributed by atoms with E-state index in [4.69, 9.17) is 0 Å². The summed E-state index contributed by atoms with van der Waals surface area (Å²) in [7, 11) is 1.57. The van der Waals surface area contributed by atoms with Gasteiger partial charge in [0.15, 0.2) is 0 Å². The molecule has 0 radical (unpaired) electrons. The fraction of sp³-hybridized carbons (Fsp3) is 0.423. The van der Waals surface area contributed by atoms with Crippen LogP contribution in [0.4, 0.5) is 22.4 Å². The van der Waals surface area contributed by atoms with E-state index in [1.807, 2.05) is 0 Å². The Balaban J connectivity index is 1.61. The lowest BCUT2D eigenvalue weighted by Crippen LogP contribution is -2.76. The first-order chi connectivity index (χ1) is 17.9. The van der Waals surface area contributed by atoms with Crippen molar-refractivity contribution in [3.05, 3.63) is 71.0 Å². The number of halogens is 4. The number of rotatable bonds is 5. The molecule has 0 spiro atoms.